The van der Waals surface area contributed by atoms with Crippen molar-refractivity contribution in [2.24, 2.45) is 0 Å². The maximum Gasteiger partial charge on any atom is 0.236 e. The molecule has 15 heavy (non-hydrogen) atoms. The van der Waals surface area contributed by atoms with Crippen LogP contribution in [-0.2, 0) is 14.3 Å². The van der Waals surface area contributed by atoms with Crippen LogP contribution in [0, 0.1) is 0 Å². The van der Waals surface area contributed by atoms with Crippen molar-refractivity contribution >= 4 is 5.91 Å². The Hall–Kier alpha value is -0.650. The summed E-state index contributed by atoms with van der Waals surface area (Å²) in [4.78, 5) is 12.7. The van der Waals surface area contributed by atoms with Gasteiger partial charge in [0, 0.05) is 41.0 Å². The smallest absolute Gasteiger partial charge is 0.236 e. The summed E-state index contributed by atoms with van der Waals surface area (Å²) < 4.78 is 10.2. The highest BCUT2D eigenvalue weighted by molar-refractivity contribution is 5.77. The van der Waals surface area contributed by atoms with Gasteiger partial charge in [0.1, 0.15) is 0 Å². The molecule has 1 amide bonds. The van der Waals surface area contributed by atoms with Crippen LogP contribution in [0.25, 0.3) is 0 Å². The molecule has 0 bridgehead atoms. The Morgan fingerprint density at radius 2 is 2.00 bits per heavy atom. The number of carbonyl (C=O) groups is 1. The molecule has 0 rings (SSSR count). The van der Waals surface area contributed by atoms with Crippen molar-refractivity contribution in [2.75, 3.05) is 54.1 Å². The molecule has 0 unspecified atom stereocenters. The molecule has 0 saturated carbocycles. The van der Waals surface area contributed by atoms with Crippen molar-refractivity contribution < 1.29 is 14.3 Å². The summed E-state index contributed by atoms with van der Waals surface area (Å²) >= 11 is 0. The zero-order valence-corrected chi connectivity index (χ0v) is 9.91. The molecule has 0 saturated heterocycles. The van der Waals surface area contributed by atoms with Crippen molar-refractivity contribution in [1.82, 2.24) is 10.2 Å². The third-order valence-corrected chi connectivity index (χ3v) is 1.84. The highest BCUT2D eigenvalue weighted by atomic mass is 16.5. The molecule has 90 valence electrons. The highest BCUT2D eigenvalue weighted by Gasteiger charge is 2.01. The second-order valence-electron chi connectivity index (χ2n) is 3.42. The van der Waals surface area contributed by atoms with Crippen LogP contribution >= 0.6 is 0 Å². The molecule has 0 radical (unpaired) electrons. The summed E-state index contributed by atoms with van der Waals surface area (Å²) in [5.41, 5.74) is 0. The van der Waals surface area contributed by atoms with Gasteiger partial charge in [0.25, 0.3) is 0 Å². The Bertz CT molecular complexity index is 163. The van der Waals surface area contributed by atoms with E-state index in [-0.39, 0.29) is 5.91 Å². The largest absolute Gasteiger partial charge is 0.385 e. The molecule has 0 aliphatic rings. The van der Waals surface area contributed by atoms with Gasteiger partial charge in [-0.2, -0.15) is 0 Å². The maximum atomic E-state index is 11.1. The van der Waals surface area contributed by atoms with E-state index in [2.05, 4.69) is 5.32 Å². The molecule has 0 heterocycles. The summed E-state index contributed by atoms with van der Waals surface area (Å²) in [5, 5.41) is 3.01. The summed E-state index contributed by atoms with van der Waals surface area (Å²) in [5.74, 6) is 0.0781. The minimum atomic E-state index is 0.0781. The first kappa shape index (κ1) is 14.3. The Kier molecular flexibility index (Phi) is 9.46. The van der Waals surface area contributed by atoms with Crippen LogP contribution in [0.5, 0.6) is 0 Å². The minimum Gasteiger partial charge on any atom is -0.385 e. The fourth-order valence-electron chi connectivity index (χ4n) is 0.905. The van der Waals surface area contributed by atoms with Crippen molar-refractivity contribution in [2.45, 2.75) is 6.42 Å². The number of hydrogen-bond donors (Lipinski definition) is 1. The monoisotopic (exact) mass is 218 g/mol. The van der Waals surface area contributed by atoms with Crippen molar-refractivity contribution in [1.29, 1.82) is 0 Å². The molecule has 0 aliphatic carbocycles. The molecule has 0 atom stereocenters. The molecule has 5 heteroatoms. The molecular formula is C10H22N2O3. The van der Waals surface area contributed by atoms with Crippen LogP contribution in [0.4, 0.5) is 0 Å². The Morgan fingerprint density at radius 3 is 2.60 bits per heavy atom. The van der Waals surface area contributed by atoms with Gasteiger partial charge in [-0.05, 0) is 6.42 Å². The van der Waals surface area contributed by atoms with Crippen molar-refractivity contribution in [3.8, 4) is 0 Å². The quantitative estimate of drug-likeness (QED) is 0.541. The zero-order valence-electron chi connectivity index (χ0n) is 9.91. The third kappa shape index (κ3) is 9.65. The van der Waals surface area contributed by atoms with E-state index in [1.54, 1.807) is 26.1 Å². The maximum absolute atomic E-state index is 11.1. The number of nitrogens with one attached hydrogen (secondary N) is 1. The standard InChI is InChI=1S/C10H22N2O3/c1-12(2)10(13)9-11-5-8-15-7-4-6-14-3/h11H,4-9H2,1-3H3. The van der Waals surface area contributed by atoms with E-state index in [1.807, 2.05) is 0 Å². The number of amides is 1. The highest BCUT2D eigenvalue weighted by Crippen LogP contribution is 1.82. The third-order valence-electron chi connectivity index (χ3n) is 1.84. The van der Waals surface area contributed by atoms with Crippen LogP contribution < -0.4 is 5.32 Å². The van der Waals surface area contributed by atoms with Crippen LogP contribution in [0.15, 0.2) is 0 Å². The number of likely N-dealkylation sites (N-methyl/N-ethyl adjacent to an activating group) is 1. The predicted molar refractivity (Wildman–Crippen MR) is 58.9 cm³/mol. The Balaban J connectivity index is 3.08. The molecular weight excluding hydrogens is 196 g/mol. The Morgan fingerprint density at radius 1 is 1.27 bits per heavy atom. The lowest BCUT2D eigenvalue weighted by Crippen LogP contribution is -2.34. The number of carbonyl (C=O) groups excluding carboxylic acids is 1. The molecule has 0 aromatic rings. The SMILES string of the molecule is COCCCOCCNCC(=O)N(C)C. The molecule has 0 fully saturated rings. The second-order valence-corrected chi connectivity index (χ2v) is 3.42. The van der Waals surface area contributed by atoms with E-state index >= 15 is 0 Å². The number of methoxy groups -OCH3 is 1. The Labute approximate surface area is 91.7 Å². The van der Waals surface area contributed by atoms with Gasteiger partial charge in [0.2, 0.25) is 5.91 Å². The average molecular weight is 218 g/mol. The molecule has 1 N–H and O–H groups in total. The summed E-state index contributed by atoms with van der Waals surface area (Å²) in [7, 11) is 5.16. The van der Waals surface area contributed by atoms with Crippen LogP contribution in [0.3, 0.4) is 0 Å². The van der Waals surface area contributed by atoms with Gasteiger partial charge in [-0.25, -0.2) is 0 Å². The number of rotatable bonds is 9. The molecule has 0 aromatic carbocycles. The normalized spacial score (nSPS) is 10.3. The van der Waals surface area contributed by atoms with E-state index in [0.29, 0.717) is 26.3 Å². The number of nitrogens with zero attached hydrogens (tertiary/aromatic N) is 1. The summed E-state index contributed by atoms with van der Waals surface area (Å²) in [6.45, 7) is 3.13. The lowest BCUT2D eigenvalue weighted by atomic mass is 10.5. The number of ether oxygens (including phenoxy) is 2. The van der Waals surface area contributed by atoms with Crippen LogP contribution in [-0.4, -0.2) is 64.9 Å². The minimum absolute atomic E-state index is 0.0781. The summed E-state index contributed by atoms with van der Waals surface area (Å²) in [6.07, 6.45) is 0.910. The van der Waals surface area contributed by atoms with E-state index < -0.39 is 0 Å². The van der Waals surface area contributed by atoms with Gasteiger partial charge in [-0.1, -0.05) is 0 Å². The lowest BCUT2D eigenvalue weighted by molar-refractivity contribution is -0.127. The summed E-state index contributed by atoms with van der Waals surface area (Å²) in [6, 6.07) is 0. The first-order chi connectivity index (χ1) is 7.18. The van der Waals surface area contributed by atoms with Crippen molar-refractivity contribution in [3.63, 3.8) is 0 Å². The van der Waals surface area contributed by atoms with Gasteiger partial charge < -0.3 is 19.7 Å². The fourth-order valence-corrected chi connectivity index (χ4v) is 0.905. The first-order valence-electron chi connectivity index (χ1n) is 5.16. The van der Waals surface area contributed by atoms with E-state index in [0.717, 1.165) is 13.0 Å². The van der Waals surface area contributed by atoms with Crippen molar-refractivity contribution in [3.05, 3.63) is 0 Å². The van der Waals surface area contributed by atoms with E-state index in [9.17, 15) is 4.79 Å². The van der Waals surface area contributed by atoms with Crippen LogP contribution in [0.1, 0.15) is 6.42 Å². The van der Waals surface area contributed by atoms with Gasteiger partial charge in [0.05, 0.1) is 13.2 Å². The topological polar surface area (TPSA) is 50.8 Å². The van der Waals surface area contributed by atoms with E-state index in [4.69, 9.17) is 9.47 Å². The zero-order chi connectivity index (χ0) is 11.5. The number of hydrogen-bond acceptors (Lipinski definition) is 4. The lowest BCUT2D eigenvalue weighted by Gasteiger charge is -2.10. The predicted octanol–water partition coefficient (Wildman–Crippen LogP) is -0.283. The first-order valence-corrected chi connectivity index (χ1v) is 5.16. The van der Waals surface area contributed by atoms with Gasteiger partial charge in [0.15, 0.2) is 0 Å². The molecule has 0 spiro atoms. The van der Waals surface area contributed by atoms with Gasteiger partial charge >= 0.3 is 0 Å². The van der Waals surface area contributed by atoms with Crippen LogP contribution in [0.2, 0.25) is 0 Å². The van der Waals surface area contributed by atoms with E-state index in [1.165, 1.54) is 0 Å². The fraction of sp³-hybridized carbons (Fsp3) is 0.900. The molecule has 0 aliphatic heterocycles. The van der Waals surface area contributed by atoms with Gasteiger partial charge in [-0.15, -0.1) is 0 Å². The second kappa shape index (κ2) is 9.89. The molecule has 0 aromatic heterocycles. The average Bonchev–Trinajstić information content (AvgIpc) is 2.21. The van der Waals surface area contributed by atoms with Gasteiger partial charge in [-0.3, -0.25) is 4.79 Å². The molecule has 5 nitrogen and oxygen atoms in total.